The molecule has 0 aromatic rings. The number of hydrogen-bond donors (Lipinski definition) is 2. The van der Waals surface area contributed by atoms with Crippen molar-refractivity contribution in [3.8, 4) is 0 Å². The fourth-order valence-corrected chi connectivity index (χ4v) is 0.833. The summed E-state index contributed by atoms with van der Waals surface area (Å²) in [7, 11) is 1.61. The zero-order chi connectivity index (χ0) is 10.3. The van der Waals surface area contributed by atoms with Gasteiger partial charge in [-0.05, 0) is 13.8 Å². The maximum atomic E-state index is 10.9. The number of amides is 1. The zero-order valence-corrected chi connectivity index (χ0v) is 8.42. The van der Waals surface area contributed by atoms with Crippen LogP contribution < -0.4 is 11.1 Å². The molecule has 0 saturated carbocycles. The maximum absolute atomic E-state index is 10.9. The lowest BCUT2D eigenvalue weighted by Crippen LogP contribution is -2.20. The first-order chi connectivity index (χ1) is 6.13. The number of carbonyl (C=O) groups is 1. The third-order valence-corrected chi connectivity index (χ3v) is 1.57. The highest BCUT2D eigenvalue weighted by Crippen LogP contribution is 1.96. The van der Waals surface area contributed by atoms with Gasteiger partial charge in [-0.15, -0.1) is 0 Å². The van der Waals surface area contributed by atoms with E-state index in [4.69, 9.17) is 5.73 Å². The average Bonchev–Trinajstić information content (AvgIpc) is 2.13. The maximum Gasteiger partial charge on any atom is 0.225 e. The SMILES string of the molecule is C/C=C(/CN)N=C(C)CC(=O)NC. The van der Waals surface area contributed by atoms with Crippen LogP contribution in [0.3, 0.4) is 0 Å². The van der Waals surface area contributed by atoms with E-state index in [0.29, 0.717) is 13.0 Å². The summed E-state index contributed by atoms with van der Waals surface area (Å²) in [6.45, 7) is 4.09. The normalized spacial score (nSPS) is 12.9. The molecule has 0 rings (SSSR count). The van der Waals surface area contributed by atoms with E-state index in [1.807, 2.05) is 19.9 Å². The first-order valence-corrected chi connectivity index (χ1v) is 4.24. The monoisotopic (exact) mass is 183 g/mol. The molecule has 0 fully saturated rings. The predicted molar refractivity (Wildman–Crippen MR) is 54.6 cm³/mol. The molecule has 0 atom stereocenters. The molecule has 0 aromatic carbocycles. The Morgan fingerprint density at radius 1 is 1.62 bits per heavy atom. The molecule has 0 aromatic heterocycles. The molecule has 1 amide bonds. The van der Waals surface area contributed by atoms with E-state index in [2.05, 4.69) is 10.3 Å². The van der Waals surface area contributed by atoms with Crippen LogP contribution in [-0.2, 0) is 4.79 Å². The van der Waals surface area contributed by atoms with Crippen LogP contribution in [0.5, 0.6) is 0 Å². The number of rotatable bonds is 4. The molecule has 74 valence electrons. The van der Waals surface area contributed by atoms with Crippen LogP contribution in [0.4, 0.5) is 0 Å². The van der Waals surface area contributed by atoms with Gasteiger partial charge >= 0.3 is 0 Å². The smallest absolute Gasteiger partial charge is 0.225 e. The van der Waals surface area contributed by atoms with Crippen LogP contribution in [-0.4, -0.2) is 25.2 Å². The van der Waals surface area contributed by atoms with Crippen molar-refractivity contribution in [2.75, 3.05) is 13.6 Å². The van der Waals surface area contributed by atoms with Crippen LogP contribution in [0.25, 0.3) is 0 Å². The number of carbonyl (C=O) groups excluding carboxylic acids is 1. The molecule has 13 heavy (non-hydrogen) atoms. The summed E-state index contributed by atoms with van der Waals surface area (Å²) in [6, 6.07) is 0. The Morgan fingerprint density at radius 2 is 2.23 bits per heavy atom. The molecular weight excluding hydrogens is 166 g/mol. The molecule has 0 aliphatic carbocycles. The Labute approximate surface area is 78.9 Å². The number of nitrogens with zero attached hydrogens (tertiary/aromatic N) is 1. The van der Waals surface area contributed by atoms with Crippen LogP contribution in [0.1, 0.15) is 20.3 Å². The Bertz CT molecular complexity index is 231. The van der Waals surface area contributed by atoms with Crippen molar-refractivity contribution in [3.63, 3.8) is 0 Å². The van der Waals surface area contributed by atoms with E-state index in [0.717, 1.165) is 11.4 Å². The topological polar surface area (TPSA) is 67.5 Å². The van der Waals surface area contributed by atoms with Gasteiger partial charge in [0, 0.05) is 25.0 Å². The lowest BCUT2D eigenvalue weighted by molar-refractivity contribution is -0.119. The highest BCUT2D eigenvalue weighted by Gasteiger charge is 2.00. The van der Waals surface area contributed by atoms with E-state index >= 15 is 0 Å². The quantitative estimate of drug-likeness (QED) is 0.621. The lowest BCUT2D eigenvalue weighted by atomic mass is 10.3. The van der Waals surface area contributed by atoms with Gasteiger partial charge in [0.05, 0.1) is 6.42 Å². The Hall–Kier alpha value is -1.16. The average molecular weight is 183 g/mol. The van der Waals surface area contributed by atoms with E-state index in [1.165, 1.54) is 0 Å². The molecule has 0 unspecified atom stereocenters. The molecule has 0 heterocycles. The molecule has 4 heteroatoms. The van der Waals surface area contributed by atoms with Gasteiger partial charge in [-0.1, -0.05) is 6.08 Å². The number of allylic oxidation sites excluding steroid dienone is 1. The summed E-state index contributed by atoms with van der Waals surface area (Å²) >= 11 is 0. The minimum Gasteiger partial charge on any atom is -0.359 e. The first-order valence-electron chi connectivity index (χ1n) is 4.24. The van der Waals surface area contributed by atoms with Gasteiger partial charge in [-0.2, -0.15) is 0 Å². The van der Waals surface area contributed by atoms with Crippen molar-refractivity contribution in [3.05, 3.63) is 11.8 Å². The van der Waals surface area contributed by atoms with Crippen molar-refractivity contribution in [2.45, 2.75) is 20.3 Å². The standard InChI is InChI=1S/C9H17N3O/c1-4-8(6-10)12-7(2)5-9(13)11-3/h4H,5-6,10H2,1-3H3,(H,11,13)/b8-4-,12-7?. The second-order valence-corrected chi connectivity index (χ2v) is 2.68. The van der Waals surface area contributed by atoms with Gasteiger partial charge in [-0.25, -0.2) is 0 Å². The fourth-order valence-electron chi connectivity index (χ4n) is 0.833. The van der Waals surface area contributed by atoms with E-state index in [1.54, 1.807) is 7.05 Å². The van der Waals surface area contributed by atoms with Gasteiger partial charge in [0.1, 0.15) is 0 Å². The molecule has 0 saturated heterocycles. The Kier molecular flexibility index (Phi) is 5.80. The van der Waals surface area contributed by atoms with Gasteiger partial charge in [0.2, 0.25) is 5.91 Å². The van der Waals surface area contributed by atoms with Crippen LogP contribution in [0, 0.1) is 0 Å². The van der Waals surface area contributed by atoms with Gasteiger partial charge in [0.25, 0.3) is 0 Å². The summed E-state index contributed by atoms with van der Waals surface area (Å²) in [5.41, 5.74) is 7.00. The fraction of sp³-hybridized carbons (Fsp3) is 0.556. The van der Waals surface area contributed by atoms with E-state index < -0.39 is 0 Å². The highest BCUT2D eigenvalue weighted by atomic mass is 16.1. The summed E-state index contributed by atoms with van der Waals surface area (Å²) in [6.07, 6.45) is 2.17. The van der Waals surface area contributed by atoms with Crippen molar-refractivity contribution in [2.24, 2.45) is 10.7 Å². The third kappa shape index (κ3) is 5.14. The number of hydrogen-bond acceptors (Lipinski definition) is 3. The molecule has 4 nitrogen and oxygen atoms in total. The minimum absolute atomic E-state index is 0.0336. The molecule has 0 radical (unpaired) electrons. The largest absolute Gasteiger partial charge is 0.359 e. The summed E-state index contributed by atoms with van der Waals surface area (Å²) < 4.78 is 0. The minimum atomic E-state index is -0.0336. The van der Waals surface area contributed by atoms with Crippen molar-refractivity contribution in [1.82, 2.24) is 5.32 Å². The molecule has 0 aliphatic heterocycles. The van der Waals surface area contributed by atoms with Gasteiger partial charge in [0.15, 0.2) is 0 Å². The lowest BCUT2D eigenvalue weighted by Gasteiger charge is -2.01. The number of nitrogens with two attached hydrogens (primary N) is 1. The second-order valence-electron chi connectivity index (χ2n) is 2.68. The van der Waals surface area contributed by atoms with E-state index in [-0.39, 0.29) is 5.91 Å². The summed E-state index contributed by atoms with van der Waals surface area (Å²) in [4.78, 5) is 15.1. The zero-order valence-electron chi connectivity index (χ0n) is 8.42. The van der Waals surface area contributed by atoms with Crippen LogP contribution in [0.2, 0.25) is 0 Å². The molecule has 3 N–H and O–H groups in total. The van der Waals surface area contributed by atoms with Crippen molar-refractivity contribution in [1.29, 1.82) is 0 Å². The molecular formula is C9H17N3O. The molecule has 0 aliphatic rings. The Morgan fingerprint density at radius 3 is 2.62 bits per heavy atom. The number of nitrogens with one attached hydrogen (secondary N) is 1. The Balaban J connectivity index is 4.23. The molecule has 0 spiro atoms. The van der Waals surface area contributed by atoms with Crippen molar-refractivity contribution >= 4 is 11.6 Å². The predicted octanol–water partition coefficient (Wildman–Crippen LogP) is 0.446. The highest BCUT2D eigenvalue weighted by molar-refractivity contribution is 6.00. The summed E-state index contributed by atoms with van der Waals surface area (Å²) in [5.74, 6) is -0.0336. The van der Waals surface area contributed by atoms with Crippen molar-refractivity contribution < 1.29 is 4.79 Å². The van der Waals surface area contributed by atoms with Crippen LogP contribution >= 0.6 is 0 Å². The summed E-state index contributed by atoms with van der Waals surface area (Å²) in [5, 5.41) is 2.53. The van der Waals surface area contributed by atoms with Gasteiger partial charge in [-0.3, -0.25) is 9.79 Å². The van der Waals surface area contributed by atoms with E-state index in [9.17, 15) is 4.79 Å². The van der Waals surface area contributed by atoms with Crippen LogP contribution in [0.15, 0.2) is 16.8 Å². The first kappa shape index (κ1) is 11.8. The van der Waals surface area contributed by atoms with Gasteiger partial charge < -0.3 is 11.1 Å². The molecule has 0 bridgehead atoms. The number of aliphatic imine (C=N–C) groups is 1. The third-order valence-electron chi connectivity index (χ3n) is 1.57. The second kappa shape index (κ2) is 6.37.